The molecular formula is C18H24N2O4. The normalized spacial score (nSPS) is 17.4. The highest BCUT2D eigenvalue weighted by Crippen LogP contribution is 2.20. The fraction of sp³-hybridized carbons (Fsp3) is 0.500. The summed E-state index contributed by atoms with van der Waals surface area (Å²) in [7, 11) is 0. The Morgan fingerprint density at radius 3 is 2.62 bits per heavy atom. The highest BCUT2D eigenvalue weighted by Gasteiger charge is 2.29. The molecule has 24 heavy (non-hydrogen) atoms. The molecule has 130 valence electrons. The lowest BCUT2D eigenvalue weighted by Gasteiger charge is -2.32. The number of aryl methyl sites for hydroxylation is 1. The van der Waals surface area contributed by atoms with Crippen LogP contribution in [0.25, 0.3) is 0 Å². The average molecular weight is 332 g/mol. The molecule has 1 aliphatic rings. The molecule has 1 unspecified atom stereocenters. The number of likely N-dealkylation sites (tertiary alicyclic amines) is 1. The van der Waals surface area contributed by atoms with E-state index in [0.29, 0.717) is 25.2 Å². The molecule has 1 atom stereocenters. The molecule has 0 aromatic heterocycles. The first kappa shape index (κ1) is 18.0. The van der Waals surface area contributed by atoms with Gasteiger partial charge in [0, 0.05) is 25.2 Å². The van der Waals surface area contributed by atoms with Crippen LogP contribution in [0, 0.1) is 12.8 Å². The third-order valence-electron chi connectivity index (χ3n) is 4.20. The van der Waals surface area contributed by atoms with E-state index in [1.807, 2.05) is 6.92 Å². The predicted molar refractivity (Wildman–Crippen MR) is 90.1 cm³/mol. The Morgan fingerprint density at radius 1 is 1.25 bits per heavy atom. The summed E-state index contributed by atoms with van der Waals surface area (Å²) in [5.74, 6) is -1.47. The number of piperidine rings is 1. The van der Waals surface area contributed by atoms with Gasteiger partial charge in [-0.05, 0) is 49.9 Å². The molecule has 0 radical (unpaired) electrons. The molecule has 1 saturated heterocycles. The van der Waals surface area contributed by atoms with Crippen LogP contribution in [-0.4, -0.2) is 47.4 Å². The van der Waals surface area contributed by atoms with E-state index in [4.69, 9.17) is 5.11 Å². The minimum Gasteiger partial charge on any atom is -0.478 e. The first-order chi connectivity index (χ1) is 11.4. The summed E-state index contributed by atoms with van der Waals surface area (Å²) < 4.78 is 0. The van der Waals surface area contributed by atoms with Gasteiger partial charge in [0.05, 0.1) is 11.5 Å². The molecule has 2 amide bonds. The Labute approximate surface area is 141 Å². The molecule has 0 saturated carbocycles. The van der Waals surface area contributed by atoms with Crippen molar-refractivity contribution in [2.24, 2.45) is 5.92 Å². The van der Waals surface area contributed by atoms with E-state index in [0.717, 1.165) is 24.8 Å². The summed E-state index contributed by atoms with van der Waals surface area (Å²) in [5.41, 5.74) is 1.20. The number of carbonyl (C=O) groups excluding carboxylic acids is 2. The number of carbonyl (C=O) groups is 3. The Bertz CT molecular complexity index is 642. The number of rotatable bonds is 5. The number of hydrogen-bond donors (Lipinski definition) is 2. The van der Waals surface area contributed by atoms with Crippen molar-refractivity contribution in [1.82, 2.24) is 10.2 Å². The van der Waals surface area contributed by atoms with Gasteiger partial charge in [-0.15, -0.1) is 0 Å². The second-order valence-electron chi connectivity index (χ2n) is 6.27. The van der Waals surface area contributed by atoms with Gasteiger partial charge in [-0.25, -0.2) is 4.79 Å². The SMILES string of the molecule is CCCNC(=O)C1CCCN(C(=O)c2cc(C)cc(C(=O)O)c2)C1. The maximum atomic E-state index is 12.7. The van der Waals surface area contributed by atoms with Crippen LogP contribution in [0.15, 0.2) is 18.2 Å². The highest BCUT2D eigenvalue weighted by molar-refractivity contribution is 5.98. The van der Waals surface area contributed by atoms with Gasteiger partial charge >= 0.3 is 5.97 Å². The smallest absolute Gasteiger partial charge is 0.335 e. The van der Waals surface area contributed by atoms with Crippen LogP contribution in [0.4, 0.5) is 0 Å². The number of nitrogens with one attached hydrogen (secondary N) is 1. The molecule has 2 N–H and O–H groups in total. The number of carboxylic acids is 1. The zero-order valence-electron chi connectivity index (χ0n) is 14.2. The molecule has 1 aromatic carbocycles. The van der Waals surface area contributed by atoms with E-state index < -0.39 is 5.97 Å². The van der Waals surface area contributed by atoms with Crippen molar-refractivity contribution >= 4 is 17.8 Å². The van der Waals surface area contributed by atoms with Crippen LogP contribution < -0.4 is 5.32 Å². The molecule has 2 rings (SSSR count). The van der Waals surface area contributed by atoms with E-state index in [-0.39, 0.29) is 23.3 Å². The fourth-order valence-electron chi connectivity index (χ4n) is 2.98. The third kappa shape index (κ3) is 4.34. The van der Waals surface area contributed by atoms with Crippen LogP contribution in [0.3, 0.4) is 0 Å². The molecule has 0 spiro atoms. The van der Waals surface area contributed by atoms with Crippen molar-refractivity contribution in [3.8, 4) is 0 Å². The van der Waals surface area contributed by atoms with Gasteiger partial charge in [-0.2, -0.15) is 0 Å². The van der Waals surface area contributed by atoms with E-state index in [1.54, 1.807) is 17.9 Å². The number of nitrogens with zero attached hydrogens (tertiary/aromatic N) is 1. The number of benzene rings is 1. The Hall–Kier alpha value is -2.37. The summed E-state index contributed by atoms with van der Waals surface area (Å²) in [5, 5.41) is 12.0. The van der Waals surface area contributed by atoms with Crippen molar-refractivity contribution in [1.29, 1.82) is 0 Å². The lowest BCUT2D eigenvalue weighted by atomic mass is 9.96. The van der Waals surface area contributed by atoms with Crippen LogP contribution in [0.1, 0.15) is 52.5 Å². The van der Waals surface area contributed by atoms with E-state index in [9.17, 15) is 14.4 Å². The molecule has 6 nitrogen and oxygen atoms in total. The van der Waals surface area contributed by atoms with Crippen LogP contribution in [0.2, 0.25) is 0 Å². The molecule has 1 heterocycles. The zero-order chi connectivity index (χ0) is 17.7. The van der Waals surface area contributed by atoms with Gasteiger partial charge in [0.1, 0.15) is 0 Å². The van der Waals surface area contributed by atoms with Gasteiger partial charge in [0.25, 0.3) is 5.91 Å². The quantitative estimate of drug-likeness (QED) is 0.864. The van der Waals surface area contributed by atoms with Gasteiger partial charge in [-0.1, -0.05) is 6.92 Å². The third-order valence-corrected chi connectivity index (χ3v) is 4.20. The number of aromatic carboxylic acids is 1. The summed E-state index contributed by atoms with van der Waals surface area (Å²) in [6.07, 6.45) is 2.42. The summed E-state index contributed by atoms with van der Waals surface area (Å²) in [6, 6.07) is 4.63. The molecule has 1 fully saturated rings. The fourth-order valence-corrected chi connectivity index (χ4v) is 2.98. The largest absolute Gasteiger partial charge is 0.478 e. The van der Waals surface area contributed by atoms with E-state index in [2.05, 4.69) is 5.32 Å². The standard InChI is InChI=1S/C18H24N2O4/c1-3-6-19-16(21)13-5-4-7-20(11-13)17(22)14-8-12(2)9-15(10-14)18(23)24/h8-10,13H,3-7,11H2,1-2H3,(H,19,21)(H,23,24). The van der Waals surface area contributed by atoms with Crippen LogP contribution in [0.5, 0.6) is 0 Å². The maximum absolute atomic E-state index is 12.7. The predicted octanol–water partition coefficient (Wildman–Crippen LogP) is 2.07. The van der Waals surface area contributed by atoms with Crippen molar-refractivity contribution < 1.29 is 19.5 Å². The van der Waals surface area contributed by atoms with Crippen LogP contribution >= 0.6 is 0 Å². The molecule has 0 aliphatic carbocycles. The topological polar surface area (TPSA) is 86.7 Å². The molecule has 1 aliphatic heterocycles. The van der Waals surface area contributed by atoms with E-state index >= 15 is 0 Å². The Morgan fingerprint density at radius 2 is 1.96 bits per heavy atom. The van der Waals surface area contributed by atoms with Gasteiger partial charge in [0.2, 0.25) is 5.91 Å². The molecule has 0 bridgehead atoms. The first-order valence-electron chi connectivity index (χ1n) is 8.34. The number of hydrogen-bond acceptors (Lipinski definition) is 3. The molecular weight excluding hydrogens is 308 g/mol. The van der Waals surface area contributed by atoms with Crippen molar-refractivity contribution in [3.63, 3.8) is 0 Å². The molecule has 6 heteroatoms. The number of amides is 2. The summed E-state index contributed by atoms with van der Waals surface area (Å²) in [4.78, 5) is 37.7. The van der Waals surface area contributed by atoms with E-state index in [1.165, 1.54) is 12.1 Å². The molecule has 1 aromatic rings. The lowest BCUT2D eigenvalue weighted by Crippen LogP contribution is -2.45. The van der Waals surface area contributed by atoms with Gasteiger partial charge in [-0.3, -0.25) is 9.59 Å². The maximum Gasteiger partial charge on any atom is 0.335 e. The van der Waals surface area contributed by atoms with Crippen LogP contribution in [-0.2, 0) is 4.79 Å². The Kier molecular flexibility index (Phi) is 5.95. The van der Waals surface area contributed by atoms with Crippen molar-refractivity contribution in [3.05, 3.63) is 34.9 Å². The van der Waals surface area contributed by atoms with Gasteiger partial charge in [0.15, 0.2) is 0 Å². The number of carboxylic acid groups (broad SMARTS) is 1. The first-order valence-corrected chi connectivity index (χ1v) is 8.34. The average Bonchev–Trinajstić information content (AvgIpc) is 2.58. The van der Waals surface area contributed by atoms with Crippen molar-refractivity contribution in [2.75, 3.05) is 19.6 Å². The zero-order valence-corrected chi connectivity index (χ0v) is 14.2. The summed E-state index contributed by atoms with van der Waals surface area (Å²) in [6.45, 7) is 5.37. The second kappa shape index (κ2) is 7.95. The minimum absolute atomic E-state index is 0.00943. The summed E-state index contributed by atoms with van der Waals surface area (Å²) >= 11 is 0. The van der Waals surface area contributed by atoms with Crippen molar-refractivity contribution in [2.45, 2.75) is 33.1 Å². The minimum atomic E-state index is -1.05. The highest BCUT2D eigenvalue weighted by atomic mass is 16.4. The lowest BCUT2D eigenvalue weighted by molar-refractivity contribution is -0.126. The Balaban J connectivity index is 2.12. The second-order valence-corrected chi connectivity index (χ2v) is 6.27. The monoisotopic (exact) mass is 332 g/mol. The van der Waals surface area contributed by atoms with Gasteiger partial charge < -0.3 is 15.3 Å².